The molecule has 2 N–H and O–H groups in total. The lowest BCUT2D eigenvalue weighted by Crippen LogP contribution is -2.35. The van der Waals surface area contributed by atoms with Gasteiger partial charge in [-0.05, 0) is 36.2 Å². The van der Waals surface area contributed by atoms with E-state index >= 15 is 0 Å². The van der Waals surface area contributed by atoms with Crippen LogP contribution in [0.3, 0.4) is 0 Å². The second kappa shape index (κ2) is 7.04. The van der Waals surface area contributed by atoms with Crippen LogP contribution in [-0.4, -0.2) is 11.8 Å². The van der Waals surface area contributed by atoms with Gasteiger partial charge in [0.05, 0.1) is 0 Å². The lowest BCUT2D eigenvalue weighted by molar-refractivity contribution is -0.136. The number of hydrogen-bond donors (Lipinski definition) is 2. The normalized spacial score (nSPS) is 10.1. The molecule has 114 valence electrons. The number of nitrogens with one attached hydrogen (secondary N) is 2. The van der Waals surface area contributed by atoms with Crippen LogP contribution in [0.4, 0.5) is 10.1 Å². The second-order valence-electron chi connectivity index (χ2n) is 4.69. The summed E-state index contributed by atoms with van der Waals surface area (Å²) in [6.07, 6.45) is 0. The summed E-state index contributed by atoms with van der Waals surface area (Å²) >= 11 is 5.96. The number of aryl methyl sites for hydroxylation is 1. The Morgan fingerprint density at radius 1 is 1.14 bits per heavy atom. The van der Waals surface area contributed by atoms with Crippen molar-refractivity contribution in [3.05, 3.63) is 64.4 Å². The highest BCUT2D eigenvalue weighted by Gasteiger charge is 2.15. The monoisotopic (exact) mass is 320 g/mol. The van der Waals surface area contributed by atoms with E-state index in [-0.39, 0.29) is 12.2 Å². The smallest absolute Gasteiger partial charge is 0.313 e. The van der Waals surface area contributed by atoms with Crippen molar-refractivity contribution in [2.75, 3.05) is 5.32 Å². The van der Waals surface area contributed by atoms with Gasteiger partial charge in [-0.25, -0.2) is 4.39 Å². The largest absolute Gasteiger partial charge is 0.344 e. The van der Waals surface area contributed by atoms with E-state index in [1.54, 1.807) is 31.2 Å². The quantitative estimate of drug-likeness (QED) is 0.854. The molecule has 0 bridgehead atoms. The Balaban J connectivity index is 1.97. The van der Waals surface area contributed by atoms with Gasteiger partial charge in [0.1, 0.15) is 5.82 Å². The highest BCUT2D eigenvalue weighted by Crippen LogP contribution is 2.16. The summed E-state index contributed by atoms with van der Waals surface area (Å²) in [5.41, 5.74) is 1.62. The predicted octanol–water partition coefficient (Wildman–Crippen LogP) is 3.04. The zero-order valence-electron chi connectivity index (χ0n) is 11.8. The molecule has 2 rings (SSSR count). The van der Waals surface area contributed by atoms with E-state index in [4.69, 9.17) is 11.6 Å². The minimum absolute atomic E-state index is 0.133. The predicted molar refractivity (Wildman–Crippen MR) is 83.1 cm³/mol. The second-order valence-corrected chi connectivity index (χ2v) is 5.09. The van der Waals surface area contributed by atoms with E-state index in [0.717, 1.165) is 6.07 Å². The fourth-order valence-corrected chi connectivity index (χ4v) is 2.01. The van der Waals surface area contributed by atoms with Crippen LogP contribution in [0.2, 0.25) is 5.02 Å². The molecule has 4 nitrogen and oxygen atoms in total. The Labute approximate surface area is 132 Å². The summed E-state index contributed by atoms with van der Waals surface area (Å²) in [6.45, 7) is 1.84. The molecule has 2 aromatic rings. The number of carbonyl (C=O) groups is 2. The fourth-order valence-electron chi connectivity index (χ4n) is 1.81. The molecule has 0 aliphatic carbocycles. The van der Waals surface area contributed by atoms with Crippen LogP contribution in [0, 0.1) is 12.7 Å². The van der Waals surface area contributed by atoms with Gasteiger partial charge in [-0.2, -0.15) is 0 Å². The van der Waals surface area contributed by atoms with Crippen LogP contribution < -0.4 is 10.6 Å². The van der Waals surface area contributed by atoms with Gasteiger partial charge in [-0.15, -0.1) is 0 Å². The first-order valence-corrected chi connectivity index (χ1v) is 6.94. The average molecular weight is 321 g/mol. The summed E-state index contributed by atoms with van der Waals surface area (Å²) in [5, 5.41) is 5.35. The average Bonchev–Trinajstić information content (AvgIpc) is 2.49. The lowest BCUT2D eigenvalue weighted by atomic mass is 10.2. The zero-order chi connectivity index (χ0) is 16.1. The summed E-state index contributed by atoms with van der Waals surface area (Å²) in [4.78, 5) is 23.6. The molecule has 0 saturated carbocycles. The van der Waals surface area contributed by atoms with E-state index in [9.17, 15) is 14.0 Å². The van der Waals surface area contributed by atoms with Crippen LogP contribution in [0.15, 0.2) is 42.5 Å². The van der Waals surface area contributed by atoms with Gasteiger partial charge in [-0.1, -0.05) is 35.9 Å². The Hall–Kier alpha value is -2.40. The van der Waals surface area contributed by atoms with Crippen LogP contribution >= 0.6 is 11.6 Å². The molecule has 0 heterocycles. The minimum Gasteiger partial charge on any atom is -0.344 e. The van der Waals surface area contributed by atoms with E-state index in [2.05, 4.69) is 10.6 Å². The van der Waals surface area contributed by atoms with Gasteiger partial charge in [0, 0.05) is 17.3 Å². The molecule has 0 aliphatic rings. The first-order chi connectivity index (χ1) is 10.5. The van der Waals surface area contributed by atoms with Crippen molar-refractivity contribution in [2.24, 2.45) is 0 Å². The zero-order valence-corrected chi connectivity index (χ0v) is 12.6. The molecule has 0 atom stereocenters. The Bertz CT molecular complexity index is 719. The number of amides is 2. The van der Waals surface area contributed by atoms with Crippen molar-refractivity contribution in [3.8, 4) is 0 Å². The molecular formula is C16H14ClFN2O2. The molecule has 0 aliphatic heterocycles. The number of halogens is 2. The minimum atomic E-state index is -0.860. The summed E-state index contributed by atoms with van der Waals surface area (Å²) in [7, 11) is 0. The molecule has 0 unspecified atom stereocenters. The van der Waals surface area contributed by atoms with Crippen LogP contribution in [-0.2, 0) is 16.1 Å². The van der Waals surface area contributed by atoms with Crippen molar-refractivity contribution in [1.82, 2.24) is 5.32 Å². The number of carbonyl (C=O) groups excluding carboxylic acids is 2. The maximum Gasteiger partial charge on any atom is 0.313 e. The van der Waals surface area contributed by atoms with Gasteiger partial charge in [-0.3, -0.25) is 9.59 Å². The Kier molecular flexibility index (Phi) is 5.12. The van der Waals surface area contributed by atoms with E-state index in [1.807, 2.05) is 0 Å². The summed E-state index contributed by atoms with van der Waals surface area (Å²) in [6, 6.07) is 11.0. The molecule has 0 fully saturated rings. The SMILES string of the molecule is Cc1ccc(F)cc1NC(=O)C(=O)NCc1ccccc1Cl. The molecule has 22 heavy (non-hydrogen) atoms. The highest BCUT2D eigenvalue weighted by atomic mass is 35.5. The molecule has 2 aromatic carbocycles. The van der Waals surface area contributed by atoms with Crippen molar-refractivity contribution >= 4 is 29.1 Å². The van der Waals surface area contributed by atoms with E-state index in [0.29, 0.717) is 16.1 Å². The topological polar surface area (TPSA) is 58.2 Å². The van der Waals surface area contributed by atoms with Gasteiger partial charge >= 0.3 is 11.8 Å². The third kappa shape index (κ3) is 4.05. The summed E-state index contributed by atoms with van der Waals surface area (Å²) < 4.78 is 13.1. The Morgan fingerprint density at radius 2 is 1.86 bits per heavy atom. The standard InChI is InChI=1S/C16H14ClFN2O2/c1-10-6-7-12(18)8-14(10)20-16(22)15(21)19-9-11-4-2-3-5-13(11)17/h2-8H,9H2,1H3,(H,19,21)(H,20,22). The lowest BCUT2D eigenvalue weighted by Gasteiger charge is -2.09. The fraction of sp³-hybridized carbons (Fsp3) is 0.125. The summed E-state index contributed by atoms with van der Waals surface area (Å²) in [5.74, 6) is -2.17. The van der Waals surface area contributed by atoms with E-state index in [1.165, 1.54) is 12.1 Å². The number of rotatable bonds is 3. The van der Waals surface area contributed by atoms with Gasteiger partial charge in [0.2, 0.25) is 0 Å². The van der Waals surface area contributed by atoms with Crippen molar-refractivity contribution < 1.29 is 14.0 Å². The molecule has 0 aromatic heterocycles. The molecule has 2 amide bonds. The molecule has 0 spiro atoms. The van der Waals surface area contributed by atoms with Gasteiger partial charge in [0.25, 0.3) is 0 Å². The van der Waals surface area contributed by atoms with Crippen LogP contribution in [0.25, 0.3) is 0 Å². The highest BCUT2D eigenvalue weighted by molar-refractivity contribution is 6.39. The molecular weight excluding hydrogens is 307 g/mol. The van der Waals surface area contributed by atoms with Crippen LogP contribution in [0.5, 0.6) is 0 Å². The molecule has 6 heteroatoms. The number of hydrogen-bond acceptors (Lipinski definition) is 2. The van der Waals surface area contributed by atoms with Crippen molar-refractivity contribution in [2.45, 2.75) is 13.5 Å². The third-order valence-corrected chi connectivity index (χ3v) is 3.42. The van der Waals surface area contributed by atoms with Crippen molar-refractivity contribution in [1.29, 1.82) is 0 Å². The molecule has 0 saturated heterocycles. The van der Waals surface area contributed by atoms with Crippen LogP contribution in [0.1, 0.15) is 11.1 Å². The Morgan fingerprint density at radius 3 is 2.59 bits per heavy atom. The number of benzene rings is 2. The third-order valence-electron chi connectivity index (χ3n) is 3.05. The van der Waals surface area contributed by atoms with Gasteiger partial charge in [0.15, 0.2) is 0 Å². The first-order valence-electron chi connectivity index (χ1n) is 6.56. The first kappa shape index (κ1) is 16.0. The van der Waals surface area contributed by atoms with E-state index < -0.39 is 17.6 Å². The van der Waals surface area contributed by atoms with Gasteiger partial charge < -0.3 is 10.6 Å². The molecule has 0 radical (unpaired) electrons. The maximum atomic E-state index is 13.1. The number of anilines is 1. The maximum absolute atomic E-state index is 13.1. The van der Waals surface area contributed by atoms with Crippen molar-refractivity contribution in [3.63, 3.8) is 0 Å².